The van der Waals surface area contributed by atoms with Gasteiger partial charge in [0.05, 0.1) is 22.4 Å². The highest BCUT2D eigenvalue weighted by Crippen LogP contribution is 2.33. The SMILES string of the molecule is C=C(C)C(=O)OCCOC(=O)CNC(=O)Oc1ccc(-c2nc3ccc(C)cc3nc2-c2ccc(OC(=O)NCC(=O)OCCOC(=O)C(=C)C)cc2)cc1. The maximum Gasteiger partial charge on any atom is 0.413 e. The number of ether oxygens (including phenoxy) is 6. The molecule has 0 bridgehead atoms. The summed E-state index contributed by atoms with van der Waals surface area (Å²) >= 11 is 0. The van der Waals surface area contributed by atoms with Crippen LogP contribution >= 0.6 is 0 Å². The lowest BCUT2D eigenvalue weighted by molar-refractivity contribution is -0.149. The fourth-order valence-electron chi connectivity index (χ4n) is 4.43. The van der Waals surface area contributed by atoms with E-state index in [2.05, 4.69) is 23.8 Å². The number of aryl methyl sites for hydroxylation is 1. The highest BCUT2D eigenvalue weighted by molar-refractivity contribution is 5.88. The molecule has 2 N–H and O–H groups in total. The van der Waals surface area contributed by atoms with Gasteiger partial charge in [-0.3, -0.25) is 9.59 Å². The van der Waals surface area contributed by atoms with Gasteiger partial charge in [-0.05, 0) is 87.0 Å². The highest BCUT2D eigenvalue weighted by atomic mass is 16.6. The van der Waals surface area contributed by atoms with Gasteiger partial charge in [0, 0.05) is 22.3 Å². The summed E-state index contributed by atoms with van der Waals surface area (Å²) in [5.74, 6) is -2.35. The predicted molar refractivity (Wildman–Crippen MR) is 197 cm³/mol. The molecule has 0 atom stereocenters. The Morgan fingerprint density at radius 2 is 0.964 bits per heavy atom. The number of benzene rings is 3. The van der Waals surface area contributed by atoms with Crippen LogP contribution in [0.15, 0.2) is 91.0 Å². The van der Waals surface area contributed by atoms with Gasteiger partial charge in [-0.15, -0.1) is 0 Å². The van der Waals surface area contributed by atoms with Gasteiger partial charge in [0.2, 0.25) is 0 Å². The van der Waals surface area contributed by atoms with Gasteiger partial charge in [-0.2, -0.15) is 0 Å². The van der Waals surface area contributed by atoms with Gasteiger partial charge in [0.1, 0.15) is 51.0 Å². The van der Waals surface area contributed by atoms with Crippen LogP contribution in [0.5, 0.6) is 11.5 Å². The number of nitrogens with zero attached hydrogens (tertiary/aromatic N) is 2. The zero-order valence-corrected chi connectivity index (χ0v) is 30.3. The largest absolute Gasteiger partial charge is 0.461 e. The highest BCUT2D eigenvalue weighted by Gasteiger charge is 2.16. The van der Waals surface area contributed by atoms with E-state index in [-0.39, 0.29) is 49.1 Å². The summed E-state index contributed by atoms with van der Waals surface area (Å²) in [6.45, 7) is 10.2. The van der Waals surface area contributed by atoms with Crippen molar-refractivity contribution in [3.8, 4) is 34.0 Å². The molecular formula is C39H38N4O12. The molecule has 16 nitrogen and oxygen atoms in total. The summed E-state index contributed by atoms with van der Waals surface area (Å²) in [5, 5.41) is 4.59. The van der Waals surface area contributed by atoms with Gasteiger partial charge < -0.3 is 39.1 Å². The maximum atomic E-state index is 12.3. The predicted octanol–water partition coefficient (Wildman–Crippen LogP) is 4.77. The second-order valence-corrected chi connectivity index (χ2v) is 11.7. The van der Waals surface area contributed by atoms with Crippen molar-refractivity contribution in [2.45, 2.75) is 20.8 Å². The first kappa shape index (κ1) is 40.7. The molecule has 2 amide bonds. The number of amides is 2. The first-order valence-electron chi connectivity index (χ1n) is 16.7. The number of rotatable bonds is 16. The molecule has 4 aromatic rings. The Morgan fingerprint density at radius 3 is 1.38 bits per heavy atom. The van der Waals surface area contributed by atoms with Gasteiger partial charge in [0.25, 0.3) is 0 Å². The van der Waals surface area contributed by atoms with Crippen molar-refractivity contribution in [3.05, 3.63) is 96.6 Å². The molecule has 1 heterocycles. The van der Waals surface area contributed by atoms with Crippen LogP contribution in [0, 0.1) is 6.92 Å². The molecule has 0 unspecified atom stereocenters. The topological polar surface area (TPSA) is 208 Å². The van der Waals surface area contributed by atoms with Gasteiger partial charge in [-0.1, -0.05) is 19.2 Å². The zero-order valence-electron chi connectivity index (χ0n) is 30.3. The summed E-state index contributed by atoms with van der Waals surface area (Å²) in [5.41, 5.74) is 5.05. The molecule has 1 aromatic heterocycles. The van der Waals surface area contributed by atoms with Gasteiger partial charge in [-0.25, -0.2) is 29.1 Å². The minimum absolute atomic E-state index is 0.155. The Kier molecular flexibility index (Phi) is 14.5. The molecule has 0 radical (unpaired) electrons. The summed E-state index contributed by atoms with van der Waals surface area (Å²) in [6.07, 6.45) is -1.79. The monoisotopic (exact) mass is 754 g/mol. The van der Waals surface area contributed by atoms with E-state index >= 15 is 0 Å². The van der Waals surface area contributed by atoms with E-state index in [4.69, 9.17) is 38.4 Å². The van der Waals surface area contributed by atoms with Gasteiger partial charge in [0.15, 0.2) is 0 Å². The maximum absolute atomic E-state index is 12.3. The van der Waals surface area contributed by atoms with E-state index in [1.54, 1.807) is 48.5 Å². The van der Waals surface area contributed by atoms with Crippen LogP contribution in [0.4, 0.5) is 9.59 Å². The first-order chi connectivity index (χ1) is 26.3. The number of aromatic nitrogens is 2. The van der Waals surface area contributed by atoms with E-state index in [9.17, 15) is 28.8 Å². The number of nitrogens with one attached hydrogen (secondary N) is 2. The van der Waals surface area contributed by atoms with Crippen molar-refractivity contribution in [2.24, 2.45) is 0 Å². The smallest absolute Gasteiger partial charge is 0.413 e. The molecule has 55 heavy (non-hydrogen) atoms. The Labute approximate surface area is 315 Å². The van der Waals surface area contributed by atoms with Crippen molar-refractivity contribution in [1.82, 2.24) is 20.6 Å². The molecular weight excluding hydrogens is 716 g/mol. The van der Waals surface area contributed by atoms with E-state index in [0.717, 1.165) is 5.56 Å². The van der Waals surface area contributed by atoms with Crippen LogP contribution in [0.2, 0.25) is 0 Å². The standard InChI is InChI=1S/C39H38N4O12/c1-23(2)36(46)52-18-16-50-32(44)21-40-38(48)54-28-11-7-26(8-12-28)34-35(43-31-20-25(5)6-15-30(31)42-34)27-9-13-29(14-10-27)55-39(49)41-22-33(45)51-17-19-53-37(47)24(3)4/h6-15,20H,1,3,16-19,21-22H2,2,4-5H3,(H,40,48)(H,41,49). The second kappa shape index (κ2) is 19.7. The van der Waals surface area contributed by atoms with E-state index in [1.165, 1.54) is 13.8 Å². The Bertz CT molecular complexity index is 2100. The third-order valence-electron chi connectivity index (χ3n) is 7.11. The number of hydrogen-bond acceptors (Lipinski definition) is 14. The average Bonchev–Trinajstić information content (AvgIpc) is 3.16. The van der Waals surface area contributed by atoms with Crippen molar-refractivity contribution < 1.29 is 57.2 Å². The summed E-state index contributed by atoms with van der Waals surface area (Å²) in [6, 6.07) is 18.7. The third-order valence-corrected chi connectivity index (χ3v) is 7.11. The number of carbonyl (C=O) groups excluding carboxylic acids is 6. The second-order valence-electron chi connectivity index (χ2n) is 11.7. The molecule has 3 aromatic carbocycles. The number of hydrogen-bond donors (Lipinski definition) is 2. The molecule has 0 aliphatic carbocycles. The molecule has 0 aliphatic rings. The summed E-state index contributed by atoms with van der Waals surface area (Å²) < 4.78 is 30.0. The van der Waals surface area contributed by atoms with Crippen molar-refractivity contribution >= 4 is 47.1 Å². The Morgan fingerprint density at radius 1 is 0.564 bits per heavy atom. The molecule has 0 saturated carbocycles. The van der Waals surface area contributed by atoms with Crippen LogP contribution < -0.4 is 20.1 Å². The molecule has 0 fully saturated rings. The van der Waals surface area contributed by atoms with Gasteiger partial charge >= 0.3 is 36.1 Å². The lowest BCUT2D eigenvalue weighted by Gasteiger charge is -2.12. The zero-order chi connectivity index (χ0) is 39.9. The van der Waals surface area contributed by atoms with Crippen molar-refractivity contribution in [1.29, 1.82) is 0 Å². The van der Waals surface area contributed by atoms with Crippen molar-refractivity contribution in [3.63, 3.8) is 0 Å². The number of esters is 4. The molecule has 0 spiro atoms. The first-order valence-corrected chi connectivity index (χ1v) is 16.7. The normalized spacial score (nSPS) is 10.4. The minimum Gasteiger partial charge on any atom is -0.461 e. The number of fused-ring (bicyclic) bond motifs is 1. The van der Waals surface area contributed by atoms with Crippen LogP contribution in [-0.2, 0) is 38.1 Å². The van der Waals surface area contributed by atoms with Crippen LogP contribution in [0.25, 0.3) is 33.5 Å². The molecule has 4 rings (SSSR count). The minimum atomic E-state index is -0.894. The van der Waals surface area contributed by atoms with E-state index in [1.807, 2.05) is 25.1 Å². The van der Waals surface area contributed by atoms with Crippen LogP contribution in [0.1, 0.15) is 19.4 Å². The lowest BCUT2D eigenvalue weighted by Crippen LogP contribution is -2.33. The Balaban J connectivity index is 1.36. The Hall–Kier alpha value is -7.10. The lowest BCUT2D eigenvalue weighted by atomic mass is 10.0. The molecule has 286 valence electrons. The summed E-state index contributed by atoms with van der Waals surface area (Å²) in [7, 11) is 0. The van der Waals surface area contributed by atoms with Crippen LogP contribution in [-0.4, -0.2) is 85.5 Å². The van der Waals surface area contributed by atoms with Crippen molar-refractivity contribution in [2.75, 3.05) is 39.5 Å². The number of carbonyl (C=O) groups is 6. The van der Waals surface area contributed by atoms with Crippen LogP contribution in [0.3, 0.4) is 0 Å². The molecule has 0 aliphatic heterocycles. The fraction of sp³-hybridized carbons (Fsp3) is 0.231. The fourth-order valence-corrected chi connectivity index (χ4v) is 4.43. The van der Waals surface area contributed by atoms with E-state index in [0.29, 0.717) is 33.5 Å². The average molecular weight is 755 g/mol. The third kappa shape index (κ3) is 12.8. The van der Waals surface area contributed by atoms with E-state index < -0.39 is 49.2 Å². The quantitative estimate of drug-likeness (QED) is 0.0684. The summed E-state index contributed by atoms with van der Waals surface area (Å²) in [4.78, 5) is 80.9. The molecule has 0 saturated heterocycles. The molecule has 16 heteroatoms.